The summed E-state index contributed by atoms with van der Waals surface area (Å²) in [5.74, 6) is -0.530. The van der Waals surface area contributed by atoms with Crippen LogP contribution in [0.15, 0.2) is 73.8 Å². The van der Waals surface area contributed by atoms with E-state index >= 15 is 4.39 Å². The largest absolute Gasteiger partial charge is 0.421 e. The third kappa shape index (κ3) is 3.75. The van der Waals surface area contributed by atoms with Crippen molar-refractivity contribution in [2.45, 2.75) is 13.8 Å². The van der Waals surface area contributed by atoms with Crippen molar-refractivity contribution in [1.29, 1.82) is 0 Å². The van der Waals surface area contributed by atoms with Gasteiger partial charge in [0, 0.05) is 34.9 Å². The molecule has 3 heterocycles. The lowest BCUT2D eigenvalue weighted by Crippen LogP contribution is -2.01. The van der Waals surface area contributed by atoms with Crippen molar-refractivity contribution in [3.63, 3.8) is 0 Å². The summed E-state index contributed by atoms with van der Waals surface area (Å²) < 4.78 is 22.7. The van der Waals surface area contributed by atoms with Gasteiger partial charge in [-0.25, -0.2) is 24.3 Å². The smallest absolute Gasteiger partial charge is 0.322 e. The number of halogens is 1. The summed E-state index contributed by atoms with van der Waals surface area (Å²) in [4.78, 5) is 16.9. The first kappa shape index (κ1) is 21.3. The van der Waals surface area contributed by atoms with E-state index in [0.29, 0.717) is 11.4 Å². The number of aromatic nitrogens is 5. The maximum Gasteiger partial charge on any atom is 0.322 e. The molecule has 0 unspecified atom stereocenters. The highest BCUT2D eigenvalue weighted by atomic mass is 19.1. The lowest BCUT2D eigenvalue weighted by Gasteiger charge is -2.14. The summed E-state index contributed by atoms with van der Waals surface area (Å²) in [7, 11) is 0. The van der Waals surface area contributed by atoms with Gasteiger partial charge in [-0.2, -0.15) is 0 Å². The third-order valence-electron chi connectivity index (χ3n) is 5.39. The van der Waals surface area contributed by atoms with E-state index in [9.17, 15) is 0 Å². The number of nitrogen functional groups attached to an aromatic ring is 1. The first-order valence-electron chi connectivity index (χ1n) is 10.6. The third-order valence-corrected chi connectivity index (χ3v) is 5.39. The van der Waals surface area contributed by atoms with E-state index < -0.39 is 5.82 Å². The molecule has 0 radical (unpaired) electrons. The van der Waals surface area contributed by atoms with Crippen LogP contribution in [0.4, 0.5) is 10.1 Å². The predicted octanol–water partition coefficient (Wildman–Crippen LogP) is 5.73. The van der Waals surface area contributed by atoms with Crippen LogP contribution in [0.25, 0.3) is 33.6 Å². The Morgan fingerprint density at radius 1 is 1.09 bits per heavy atom. The summed E-state index contributed by atoms with van der Waals surface area (Å²) >= 11 is 0. The van der Waals surface area contributed by atoms with Gasteiger partial charge in [0.15, 0.2) is 11.6 Å². The number of anilines is 1. The molecule has 0 aliphatic rings. The lowest BCUT2D eigenvalue weighted by molar-refractivity contribution is 0.410. The molecule has 0 bridgehead atoms. The fraction of sp³-hybridized carbons (Fsp3) is 0.0769. The summed E-state index contributed by atoms with van der Waals surface area (Å²) in [6.07, 6.45) is 4.76. The summed E-state index contributed by atoms with van der Waals surface area (Å²) in [5, 5.41) is 0. The molecule has 0 amide bonds. The van der Waals surface area contributed by atoms with Gasteiger partial charge in [0.1, 0.15) is 11.8 Å². The van der Waals surface area contributed by atoms with Gasteiger partial charge in [-0.1, -0.05) is 18.7 Å². The highest BCUT2D eigenvalue weighted by Gasteiger charge is 2.22. The molecule has 5 rings (SSSR count). The van der Waals surface area contributed by atoms with Crippen molar-refractivity contribution in [3.05, 3.63) is 90.9 Å². The fourth-order valence-corrected chi connectivity index (χ4v) is 3.89. The summed E-state index contributed by atoms with van der Waals surface area (Å²) in [6.45, 7) is 7.89. The second-order valence-electron chi connectivity index (χ2n) is 7.92. The van der Waals surface area contributed by atoms with Crippen LogP contribution in [0.1, 0.15) is 18.2 Å². The van der Waals surface area contributed by atoms with E-state index in [1.165, 1.54) is 12.4 Å². The number of hydrogen-bond donors (Lipinski definition) is 1. The predicted molar refractivity (Wildman–Crippen MR) is 130 cm³/mol. The Morgan fingerprint density at radius 3 is 2.59 bits per heavy atom. The van der Waals surface area contributed by atoms with Gasteiger partial charge in [0.05, 0.1) is 17.4 Å². The standard InChI is InChI=1S/C26H21FN6O/c1-15(2)23-24-21(13-29-14-31-24)33(25(23)17-4-6-18(28)7-5-17)19-8-9-22(20(27)12-19)34-26-30-11-10-16(3)32-26/h4-14H,1,28H2,2-3H3. The average Bonchev–Trinajstić information content (AvgIpc) is 3.16. The van der Waals surface area contributed by atoms with Crippen molar-refractivity contribution >= 4 is 22.3 Å². The molecule has 2 aromatic carbocycles. The highest BCUT2D eigenvalue weighted by Crippen LogP contribution is 2.39. The van der Waals surface area contributed by atoms with Crippen LogP contribution in [0, 0.1) is 12.7 Å². The van der Waals surface area contributed by atoms with Crippen LogP contribution >= 0.6 is 0 Å². The van der Waals surface area contributed by atoms with Crippen LogP contribution < -0.4 is 10.5 Å². The number of nitrogens with two attached hydrogens (primary N) is 1. The van der Waals surface area contributed by atoms with Gasteiger partial charge >= 0.3 is 6.01 Å². The molecule has 0 atom stereocenters. The Morgan fingerprint density at radius 2 is 1.88 bits per heavy atom. The maximum absolute atomic E-state index is 15.2. The molecule has 0 saturated carbocycles. The first-order valence-corrected chi connectivity index (χ1v) is 10.6. The lowest BCUT2D eigenvalue weighted by atomic mass is 10.0. The van der Waals surface area contributed by atoms with Crippen LogP contribution in [-0.2, 0) is 0 Å². The number of allylic oxidation sites excluding steroid dienone is 1. The zero-order valence-corrected chi connectivity index (χ0v) is 18.7. The van der Waals surface area contributed by atoms with Crippen LogP contribution in [0.5, 0.6) is 11.8 Å². The Kier molecular flexibility index (Phi) is 5.25. The molecule has 0 fully saturated rings. The Hall–Kier alpha value is -4.59. The van der Waals surface area contributed by atoms with Gasteiger partial charge in [-0.05, 0) is 55.3 Å². The topological polar surface area (TPSA) is 91.7 Å². The van der Waals surface area contributed by atoms with E-state index in [1.807, 2.05) is 42.7 Å². The number of nitrogens with zero attached hydrogens (tertiary/aromatic N) is 5. The van der Waals surface area contributed by atoms with Crippen LogP contribution in [0.2, 0.25) is 0 Å². The number of benzene rings is 2. The van der Waals surface area contributed by atoms with Crippen molar-refractivity contribution in [1.82, 2.24) is 24.5 Å². The summed E-state index contributed by atoms with van der Waals surface area (Å²) in [5.41, 5.74) is 12.7. The molecule has 0 spiro atoms. The van der Waals surface area contributed by atoms with E-state index in [1.54, 1.807) is 30.6 Å². The van der Waals surface area contributed by atoms with Crippen LogP contribution in [0.3, 0.4) is 0 Å². The normalized spacial score (nSPS) is 11.0. The maximum atomic E-state index is 15.2. The number of rotatable bonds is 5. The Labute approximate surface area is 195 Å². The van der Waals surface area contributed by atoms with E-state index in [0.717, 1.165) is 39.1 Å². The van der Waals surface area contributed by atoms with Crippen molar-refractivity contribution in [3.8, 4) is 28.7 Å². The number of fused-ring (bicyclic) bond motifs is 1. The molecule has 2 N–H and O–H groups in total. The molecular formula is C26H21FN6O. The van der Waals surface area contributed by atoms with E-state index in [2.05, 4.69) is 26.5 Å². The molecule has 0 saturated heterocycles. The van der Waals surface area contributed by atoms with Gasteiger partial charge in [-0.15, -0.1) is 0 Å². The fourth-order valence-electron chi connectivity index (χ4n) is 3.89. The Bertz CT molecular complexity index is 1540. The first-order chi connectivity index (χ1) is 16.4. The SMILES string of the molecule is C=C(C)c1c(-c2ccc(N)cc2)n(-c2ccc(Oc3nccc(C)n3)c(F)c2)c2cncnc12. The second-order valence-corrected chi connectivity index (χ2v) is 7.92. The van der Waals surface area contributed by atoms with Crippen molar-refractivity contribution in [2.75, 3.05) is 5.73 Å². The Balaban J connectivity index is 1.70. The van der Waals surface area contributed by atoms with Gasteiger partial charge in [-0.3, -0.25) is 0 Å². The molecule has 3 aromatic heterocycles. The summed E-state index contributed by atoms with van der Waals surface area (Å²) in [6, 6.07) is 14.0. The number of ether oxygens (including phenoxy) is 1. The zero-order chi connectivity index (χ0) is 23.8. The van der Waals surface area contributed by atoms with Crippen molar-refractivity contribution < 1.29 is 9.13 Å². The monoisotopic (exact) mass is 452 g/mol. The molecule has 34 heavy (non-hydrogen) atoms. The molecule has 0 aliphatic heterocycles. The minimum atomic E-state index is -0.554. The molecule has 8 heteroatoms. The van der Waals surface area contributed by atoms with Gasteiger partial charge < -0.3 is 15.0 Å². The van der Waals surface area contributed by atoms with Gasteiger partial charge in [0.25, 0.3) is 0 Å². The van der Waals surface area contributed by atoms with Gasteiger partial charge in [0.2, 0.25) is 0 Å². The molecule has 168 valence electrons. The second kappa shape index (κ2) is 8.40. The highest BCUT2D eigenvalue weighted by molar-refractivity contribution is 5.99. The molecule has 5 aromatic rings. The minimum absolute atomic E-state index is 0.0243. The molecule has 7 nitrogen and oxygen atoms in total. The van der Waals surface area contributed by atoms with E-state index in [-0.39, 0.29) is 11.8 Å². The number of aryl methyl sites for hydroxylation is 1. The quantitative estimate of drug-likeness (QED) is 0.342. The zero-order valence-electron chi connectivity index (χ0n) is 18.7. The van der Waals surface area contributed by atoms with Crippen molar-refractivity contribution in [2.24, 2.45) is 0 Å². The number of hydrogen-bond acceptors (Lipinski definition) is 6. The molecular weight excluding hydrogens is 431 g/mol. The molecule has 0 aliphatic carbocycles. The van der Waals surface area contributed by atoms with E-state index in [4.69, 9.17) is 10.5 Å². The minimum Gasteiger partial charge on any atom is -0.421 e. The average molecular weight is 452 g/mol. The van der Waals surface area contributed by atoms with Crippen LogP contribution in [-0.4, -0.2) is 24.5 Å².